The summed E-state index contributed by atoms with van der Waals surface area (Å²) >= 11 is 0. The van der Waals surface area contributed by atoms with Gasteiger partial charge in [0, 0.05) is 17.6 Å². The highest BCUT2D eigenvalue weighted by molar-refractivity contribution is 6.04. The number of fused-ring (bicyclic) bond motifs is 1. The molecule has 0 aliphatic rings. The fourth-order valence-electron chi connectivity index (χ4n) is 2.95. The maximum Gasteiger partial charge on any atom is 0.339 e. The molecule has 7 heteroatoms. The Balaban J connectivity index is 1.95. The average Bonchev–Trinajstić information content (AvgIpc) is 3.16. The number of benzene rings is 1. The lowest BCUT2D eigenvalue weighted by molar-refractivity contribution is -0.124. The molecule has 0 fully saturated rings. The quantitative estimate of drug-likeness (QED) is 0.617. The molecule has 1 amide bonds. The standard InChI is InChI=1S/C22H26N4O3/c1-5-15(4)24-20(27)13-29-22(28)17-11-19(16-9-7-6-8-10-16)25-21-18(17)12-23-26(21)14(2)3/h6-12,14-15H,5,13H2,1-4H3,(H,24,27). The number of rotatable bonds is 7. The Morgan fingerprint density at radius 2 is 1.90 bits per heavy atom. The van der Waals surface area contributed by atoms with E-state index < -0.39 is 5.97 Å². The van der Waals surface area contributed by atoms with Gasteiger partial charge in [-0.25, -0.2) is 14.5 Å². The van der Waals surface area contributed by atoms with Gasteiger partial charge in [0.1, 0.15) is 0 Å². The highest BCUT2D eigenvalue weighted by Crippen LogP contribution is 2.26. The first kappa shape index (κ1) is 20.5. The first-order chi connectivity index (χ1) is 13.9. The maximum atomic E-state index is 12.8. The number of pyridine rings is 1. The Morgan fingerprint density at radius 1 is 1.17 bits per heavy atom. The molecule has 1 unspecified atom stereocenters. The number of nitrogens with zero attached hydrogens (tertiary/aromatic N) is 3. The second-order valence-corrected chi connectivity index (χ2v) is 7.29. The second kappa shape index (κ2) is 8.86. The first-order valence-electron chi connectivity index (χ1n) is 9.80. The number of aromatic nitrogens is 3. The molecule has 0 saturated heterocycles. The van der Waals surface area contributed by atoms with Gasteiger partial charge in [0.2, 0.25) is 0 Å². The molecule has 0 saturated carbocycles. The van der Waals surface area contributed by atoms with Crippen LogP contribution in [0.3, 0.4) is 0 Å². The maximum absolute atomic E-state index is 12.8. The van der Waals surface area contributed by atoms with Crippen molar-refractivity contribution in [1.82, 2.24) is 20.1 Å². The minimum absolute atomic E-state index is 0.0304. The monoisotopic (exact) mass is 394 g/mol. The molecule has 152 valence electrons. The molecule has 1 aromatic carbocycles. The third kappa shape index (κ3) is 4.62. The molecule has 0 aliphatic carbocycles. The molecule has 7 nitrogen and oxygen atoms in total. The van der Waals surface area contributed by atoms with Gasteiger partial charge >= 0.3 is 5.97 Å². The van der Waals surface area contributed by atoms with Crippen LogP contribution >= 0.6 is 0 Å². The lowest BCUT2D eigenvalue weighted by Gasteiger charge is -2.12. The van der Waals surface area contributed by atoms with E-state index in [0.29, 0.717) is 22.3 Å². The van der Waals surface area contributed by atoms with Gasteiger partial charge < -0.3 is 10.1 Å². The van der Waals surface area contributed by atoms with E-state index >= 15 is 0 Å². The molecule has 1 N–H and O–H groups in total. The summed E-state index contributed by atoms with van der Waals surface area (Å²) in [6.45, 7) is 7.55. The van der Waals surface area contributed by atoms with Crippen molar-refractivity contribution in [3.05, 3.63) is 48.2 Å². The van der Waals surface area contributed by atoms with E-state index in [1.165, 1.54) is 0 Å². The summed E-state index contributed by atoms with van der Waals surface area (Å²) in [5.41, 5.74) is 2.49. The zero-order chi connectivity index (χ0) is 21.0. The van der Waals surface area contributed by atoms with E-state index in [1.807, 2.05) is 58.0 Å². The molecule has 3 aromatic rings. The number of hydrogen-bond donors (Lipinski definition) is 1. The lowest BCUT2D eigenvalue weighted by Crippen LogP contribution is -2.35. The second-order valence-electron chi connectivity index (χ2n) is 7.29. The summed E-state index contributed by atoms with van der Waals surface area (Å²) in [6, 6.07) is 11.4. The Labute approximate surface area is 170 Å². The van der Waals surface area contributed by atoms with Gasteiger partial charge in [0.05, 0.1) is 22.8 Å². The van der Waals surface area contributed by atoms with Gasteiger partial charge in [-0.05, 0) is 33.3 Å². The minimum atomic E-state index is -0.572. The van der Waals surface area contributed by atoms with E-state index in [0.717, 1.165) is 12.0 Å². The molecular weight excluding hydrogens is 368 g/mol. The van der Waals surface area contributed by atoms with Crippen molar-refractivity contribution in [2.24, 2.45) is 0 Å². The number of hydrogen-bond acceptors (Lipinski definition) is 5. The van der Waals surface area contributed by atoms with Crippen LogP contribution in [-0.4, -0.2) is 39.3 Å². The predicted octanol–water partition coefficient (Wildman–Crippen LogP) is 3.75. The molecule has 0 spiro atoms. The molecule has 0 aliphatic heterocycles. The molecule has 29 heavy (non-hydrogen) atoms. The van der Waals surface area contributed by atoms with Crippen molar-refractivity contribution in [2.45, 2.75) is 46.2 Å². The van der Waals surface area contributed by atoms with Crippen molar-refractivity contribution in [3.8, 4) is 11.3 Å². The van der Waals surface area contributed by atoms with Gasteiger partial charge in [0.15, 0.2) is 12.3 Å². The van der Waals surface area contributed by atoms with Crippen molar-refractivity contribution < 1.29 is 14.3 Å². The average molecular weight is 394 g/mol. The van der Waals surface area contributed by atoms with E-state index in [-0.39, 0.29) is 24.6 Å². The van der Waals surface area contributed by atoms with Crippen LogP contribution < -0.4 is 5.32 Å². The van der Waals surface area contributed by atoms with Gasteiger partial charge in [-0.3, -0.25) is 4.79 Å². The largest absolute Gasteiger partial charge is 0.452 e. The number of esters is 1. The van der Waals surface area contributed by atoms with Gasteiger partial charge in [-0.1, -0.05) is 37.3 Å². The Kier molecular flexibility index (Phi) is 6.26. The van der Waals surface area contributed by atoms with Crippen LogP contribution in [0.15, 0.2) is 42.6 Å². The molecule has 0 bridgehead atoms. The number of amides is 1. The van der Waals surface area contributed by atoms with Gasteiger partial charge in [0.25, 0.3) is 5.91 Å². The number of nitrogens with one attached hydrogen (secondary N) is 1. The SMILES string of the molecule is CCC(C)NC(=O)COC(=O)c1cc(-c2ccccc2)nc2c1cnn2C(C)C. The van der Waals surface area contributed by atoms with Crippen molar-refractivity contribution in [1.29, 1.82) is 0 Å². The highest BCUT2D eigenvalue weighted by Gasteiger charge is 2.20. The Hall–Kier alpha value is -3.22. The summed E-state index contributed by atoms with van der Waals surface area (Å²) in [7, 11) is 0. The summed E-state index contributed by atoms with van der Waals surface area (Å²) in [6.07, 6.45) is 2.42. The van der Waals surface area contributed by atoms with E-state index in [9.17, 15) is 9.59 Å². The van der Waals surface area contributed by atoms with Crippen molar-refractivity contribution in [2.75, 3.05) is 6.61 Å². The lowest BCUT2D eigenvalue weighted by atomic mass is 10.1. The van der Waals surface area contributed by atoms with E-state index in [2.05, 4.69) is 10.4 Å². The van der Waals surface area contributed by atoms with Gasteiger partial charge in [-0.15, -0.1) is 0 Å². The smallest absolute Gasteiger partial charge is 0.339 e. The third-order valence-electron chi connectivity index (χ3n) is 4.70. The summed E-state index contributed by atoms with van der Waals surface area (Å²) < 4.78 is 7.06. The fraction of sp³-hybridized carbons (Fsp3) is 0.364. The van der Waals surface area contributed by atoms with E-state index in [4.69, 9.17) is 9.72 Å². The first-order valence-corrected chi connectivity index (χ1v) is 9.80. The molecule has 1 atom stereocenters. The number of ether oxygens (including phenoxy) is 1. The third-order valence-corrected chi connectivity index (χ3v) is 4.70. The van der Waals surface area contributed by atoms with Crippen LogP contribution in [0.1, 0.15) is 50.5 Å². The fourth-order valence-corrected chi connectivity index (χ4v) is 2.95. The van der Waals surface area contributed by atoms with Crippen LogP contribution in [0.25, 0.3) is 22.3 Å². The van der Waals surface area contributed by atoms with Crippen LogP contribution in [0.2, 0.25) is 0 Å². The highest BCUT2D eigenvalue weighted by atomic mass is 16.5. The van der Waals surface area contributed by atoms with Crippen LogP contribution in [0.5, 0.6) is 0 Å². The van der Waals surface area contributed by atoms with Crippen molar-refractivity contribution in [3.63, 3.8) is 0 Å². The zero-order valence-electron chi connectivity index (χ0n) is 17.2. The van der Waals surface area contributed by atoms with Crippen LogP contribution in [0, 0.1) is 0 Å². The molecule has 2 heterocycles. The summed E-state index contributed by atoms with van der Waals surface area (Å²) in [4.78, 5) is 29.5. The van der Waals surface area contributed by atoms with Crippen molar-refractivity contribution >= 4 is 22.9 Å². The topological polar surface area (TPSA) is 86.1 Å². The van der Waals surface area contributed by atoms with Crippen LogP contribution in [-0.2, 0) is 9.53 Å². The summed E-state index contributed by atoms with van der Waals surface area (Å²) in [5.74, 6) is -0.892. The zero-order valence-corrected chi connectivity index (χ0v) is 17.2. The molecule has 0 radical (unpaired) electrons. The number of carbonyl (C=O) groups excluding carboxylic acids is 2. The van der Waals surface area contributed by atoms with Gasteiger partial charge in [-0.2, -0.15) is 5.10 Å². The normalized spacial score (nSPS) is 12.2. The van der Waals surface area contributed by atoms with E-state index in [1.54, 1.807) is 16.9 Å². The molecule has 3 rings (SSSR count). The number of carbonyl (C=O) groups is 2. The molecule has 2 aromatic heterocycles. The molecular formula is C22H26N4O3. The van der Waals surface area contributed by atoms with Crippen LogP contribution in [0.4, 0.5) is 0 Å². The summed E-state index contributed by atoms with van der Waals surface area (Å²) in [5, 5.41) is 7.77. The Bertz CT molecular complexity index is 1010. The Morgan fingerprint density at radius 3 is 2.55 bits per heavy atom. The minimum Gasteiger partial charge on any atom is -0.452 e. The predicted molar refractivity (Wildman–Crippen MR) is 112 cm³/mol.